The van der Waals surface area contributed by atoms with Crippen LogP contribution in [0, 0.1) is 0 Å². The number of carbonyl (C=O) groups excluding carboxylic acids is 1. The lowest BCUT2D eigenvalue weighted by atomic mass is 9.81. The smallest absolute Gasteiger partial charge is 0.410 e. The molecular formula is C18H27NO4. The zero-order valence-corrected chi connectivity index (χ0v) is 14.7. The first-order valence-corrected chi connectivity index (χ1v) is 7.94. The minimum absolute atomic E-state index is 0.254. The molecule has 1 heterocycles. The van der Waals surface area contributed by atoms with E-state index in [1.165, 1.54) is 0 Å². The fourth-order valence-electron chi connectivity index (χ4n) is 3.06. The Morgan fingerprint density at radius 2 is 1.87 bits per heavy atom. The van der Waals surface area contributed by atoms with Crippen molar-refractivity contribution in [3.8, 4) is 0 Å². The molecule has 5 nitrogen and oxygen atoms in total. The number of nitrogens with zero attached hydrogens (tertiary/aromatic N) is 1. The lowest BCUT2D eigenvalue weighted by molar-refractivity contribution is -0.156. The summed E-state index contributed by atoms with van der Waals surface area (Å²) in [5.41, 5.74) is 0.0156. The lowest BCUT2D eigenvalue weighted by Crippen LogP contribution is -2.57. The standard InChI is InChI=1S/C18H27NO4/c1-17(2,3)23-16(20)19-12-11-18(22-5,15(13-19)21-4)14-9-7-6-8-10-14/h6-10,15H,11-13H2,1-5H3/t15?,18-/m0/s1. The number of rotatable bonds is 3. The van der Waals surface area contributed by atoms with Gasteiger partial charge in [-0.05, 0) is 26.3 Å². The summed E-state index contributed by atoms with van der Waals surface area (Å²) in [6.45, 7) is 6.61. The van der Waals surface area contributed by atoms with Crippen LogP contribution in [0.15, 0.2) is 30.3 Å². The first-order chi connectivity index (χ1) is 10.8. The third kappa shape index (κ3) is 3.85. The van der Waals surface area contributed by atoms with Crippen LogP contribution >= 0.6 is 0 Å². The van der Waals surface area contributed by atoms with Crippen molar-refractivity contribution in [1.82, 2.24) is 4.90 Å². The highest BCUT2D eigenvalue weighted by atomic mass is 16.6. The Morgan fingerprint density at radius 1 is 1.22 bits per heavy atom. The first kappa shape index (κ1) is 17.8. The van der Waals surface area contributed by atoms with Gasteiger partial charge in [-0.1, -0.05) is 30.3 Å². The van der Waals surface area contributed by atoms with Crippen LogP contribution < -0.4 is 0 Å². The van der Waals surface area contributed by atoms with Crippen molar-refractivity contribution in [2.24, 2.45) is 0 Å². The molecule has 1 saturated heterocycles. The average molecular weight is 321 g/mol. The molecule has 0 spiro atoms. The van der Waals surface area contributed by atoms with Crippen LogP contribution in [0.3, 0.4) is 0 Å². The van der Waals surface area contributed by atoms with Gasteiger partial charge < -0.3 is 19.1 Å². The average Bonchev–Trinajstić information content (AvgIpc) is 2.53. The second-order valence-corrected chi connectivity index (χ2v) is 6.86. The van der Waals surface area contributed by atoms with Crippen molar-refractivity contribution >= 4 is 6.09 Å². The summed E-state index contributed by atoms with van der Waals surface area (Å²) >= 11 is 0. The number of benzene rings is 1. The molecule has 0 aliphatic carbocycles. The van der Waals surface area contributed by atoms with Crippen LogP contribution in [0.1, 0.15) is 32.8 Å². The molecule has 1 aromatic rings. The van der Waals surface area contributed by atoms with E-state index in [0.717, 1.165) is 5.56 Å². The topological polar surface area (TPSA) is 48.0 Å². The fraction of sp³-hybridized carbons (Fsp3) is 0.611. The molecule has 1 unspecified atom stereocenters. The second-order valence-electron chi connectivity index (χ2n) is 6.86. The van der Waals surface area contributed by atoms with Crippen molar-refractivity contribution < 1.29 is 19.0 Å². The molecule has 0 N–H and O–H groups in total. The van der Waals surface area contributed by atoms with E-state index in [0.29, 0.717) is 19.5 Å². The summed E-state index contributed by atoms with van der Waals surface area (Å²) in [4.78, 5) is 14.0. The van der Waals surface area contributed by atoms with Crippen LogP contribution in [0.4, 0.5) is 4.79 Å². The summed E-state index contributed by atoms with van der Waals surface area (Å²) in [5, 5.41) is 0. The predicted octanol–water partition coefficient (Wildman–Crippen LogP) is 3.18. The molecule has 0 aromatic heterocycles. The van der Waals surface area contributed by atoms with E-state index in [1.807, 2.05) is 51.1 Å². The zero-order valence-electron chi connectivity index (χ0n) is 14.7. The highest BCUT2D eigenvalue weighted by Crippen LogP contribution is 2.38. The molecule has 0 radical (unpaired) electrons. The molecule has 128 valence electrons. The molecule has 1 amide bonds. The maximum Gasteiger partial charge on any atom is 0.410 e. The van der Waals surface area contributed by atoms with Gasteiger partial charge in [0.05, 0.1) is 6.54 Å². The first-order valence-electron chi connectivity index (χ1n) is 7.94. The normalized spacial score (nSPS) is 25.3. The number of piperidine rings is 1. The summed E-state index contributed by atoms with van der Waals surface area (Å²) in [6, 6.07) is 10.0. The Hall–Kier alpha value is -1.59. The highest BCUT2D eigenvalue weighted by molar-refractivity contribution is 5.68. The van der Waals surface area contributed by atoms with Gasteiger partial charge in [-0.2, -0.15) is 0 Å². The van der Waals surface area contributed by atoms with Crippen LogP contribution in [0.2, 0.25) is 0 Å². The number of hydrogen-bond donors (Lipinski definition) is 0. The third-order valence-electron chi connectivity index (χ3n) is 4.22. The van der Waals surface area contributed by atoms with E-state index in [2.05, 4.69) is 0 Å². The highest BCUT2D eigenvalue weighted by Gasteiger charge is 2.46. The molecular weight excluding hydrogens is 294 g/mol. The van der Waals surface area contributed by atoms with Crippen molar-refractivity contribution in [1.29, 1.82) is 0 Å². The summed E-state index contributed by atoms with van der Waals surface area (Å²) in [6.07, 6.45) is 0.0964. The number of methoxy groups -OCH3 is 2. The molecule has 1 aromatic carbocycles. The summed E-state index contributed by atoms with van der Waals surface area (Å²) in [7, 11) is 3.35. The number of ether oxygens (including phenoxy) is 3. The van der Waals surface area contributed by atoms with Gasteiger partial charge in [0.25, 0.3) is 0 Å². The van der Waals surface area contributed by atoms with Gasteiger partial charge in [0.2, 0.25) is 0 Å². The van der Waals surface area contributed by atoms with Gasteiger partial charge in [-0.3, -0.25) is 0 Å². The van der Waals surface area contributed by atoms with Crippen molar-refractivity contribution in [2.75, 3.05) is 27.3 Å². The minimum Gasteiger partial charge on any atom is -0.444 e. The van der Waals surface area contributed by atoms with E-state index in [-0.39, 0.29) is 12.2 Å². The Morgan fingerprint density at radius 3 is 2.39 bits per heavy atom. The molecule has 2 atom stereocenters. The maximum absolute atomic E-state index is 12.3. The molecule has 5 heteroatoms. The summed E-state index contributed by atoms with van der Waals surface area (Å²) < 4.78 is 17.1. The zero-order chi connectivity index (χ0) is 17.1. The van der Waals surface area contributed by atoms with Gasteiger partial charge in [0.1, 0.15) is 17.3 Å². The monoisotopic (exact) mass is 321 g/mol. The SMILES string of the molecule is COC1CN(C(=O)OC(C)(C)C)CC[C@]1(OC)c1ccccc1. The Bertz CT molecular complexity index is 526. The Kier molecular flexibility index (Phi) is 5.32. The fourth-order valence-corrected chi connectivity index (χ4v) is 3.06. The molecule has 1 aliphatic heterocycles. The van der Waals surface area contributed by atoms with E-state index < -0.39 is 11.2 Å². The quantitative estimate of drug-likeness (QED) is 0.858. The molecule has 1 aliphatic rings. The Balaban J connectivity index is 2.20. The number of hydrogen-bond acceptors (Lipinski definition) is 4. The van der Waals surface area contributed by atoms with Gasteiger partial charge in [-0.25, -0.2) is 4.79 Å². The molecule has 0 bridgehead atoms. The van der Waals surface area contributed by atoms with Crippen LogP contribution in [0.25, 0.3) is 0 Å². The Labute approximate surface area is 138 Å². The van der Waals surface area contributed by atoms with E-state index in [1.54, 1.807) is 19.1 Å². The molecule has 0 saturated carbocycles. The second kappa shape index (κ2) is 6.89. The molecule has 2 rings (SSSR count). The van der Waals surface area contributed by atoms with Gasteiger partial charge in [0.15, 0.2) is 0 Å². The van der Waals surface area contributed by atoms with Crippen LogP contribution in [-0.2, 0) is 19.8 Å². The van der Waals surface area contributed by atoms with E-state index in [4.69, 9.17) is 14.2 Å². The number of likely N-dealkylation sites (tertiary alicyclic amines) is 1. The van der Waals surface area contributed by atoms with Crippen molar-refractivity contribution in [3.05, 3.63) is 35.9 Å². The molecule has 1 fully saturated rings. The van der Waals surface area contributed by atoms with E-state index >= 15 is 0 Å². The van der Waals surface area contributed by atoms with Crippen molar-refractivity contribution in [3.63, 3.8) is 0 Å². The maximum atomic E-state index is 12.3. The van der Waals surface area contributed by atoms with Crippen LogP contribution in [0.5, 0.6) is 0 Å². The summed E-state index contributed by atoms with van der Waals surface area (Å²) in [5.74, 6) is 0. The van der Waals surface area contributed by atoms with Gasteiger partial charge >= 0.3 is 6.09 Å². The number of amides is 1. The largest absolute Gasteiger partial charge is 0.444 e. The number of carbonyl (C=O) groups is 1. The lowest BCUT2D eigenvalue weighted by Gasteiger charge is -2.46. The van der Waals surface area contributed by atoms with Gasteiger partial charge in [0, 0.05) is 27.2 Å². The van der Waals surface area contributed by atoms with Crippen molar-refractivity contribution in [2.45, 2.75) is 44.5 Å². The predicted molar refractivity (Wildman–Crippen MR) is 88.4 cm³/mol. The minimum atomic E-state index is -0.547. The van der Waals surface area contributed by atoms with Gasteiger partial charge in [-0.15, -0.1) is 0 Å². The van der Waals surface area contributed by atoms with E-state index in [9.17, 15) is 4.79 Å². The molecule has 23 heavy (non-hydrogen) atoms. The van der Waals surface area contributed by atoms with Crippen LogP contribution in [-0.4, -0.2) is 50.0 Å². The third-order valence-corrected chi connectivity index (χ3v) is 4.22.